The molecule has 1 aromatic heterocycles. The van der Waals surface area contributed by atoms with E-state index in [1.54, 1.807) is 13.1 Å². The van der Waals surface area contributed by atoms with Gasteiger partial charge in [0.05, 0.1) is 12.2 Å². The average molecular weight is 442 g/mol. The molecule has 6 heteroatoms. The number of hydrogen-bond donors (Lipinski definition) is 2. The standard InChI is InChI=1S/C18H23FN4.HI/c1-13-11-16(19)8-7-15(13)9-10-21-18(20-3)22-12-17-6-4-5-14(2)23-17;/h4-8,11H,9-10,12H2,1-3H3,(H2,20,21,22);1H. The Morgan fingerprint density at radius 1 is 1.17 bits per heavy atom. The van der Waals surface area contributed by atoms with Gasteiger partial charge < -0.3 is 10.6 Å². The van der Waals surface area contributed by atoms with E-state index in [0.29, 0.717) is 6.54 Å². The number of pyridine rings is 1. The fourth-order valence-electron chi connectivity index (χ4n) is 2.35. The van der Waals surface area contributed by atoms with E-state index in [-0.39, 0.29) is 29.8 Å². The lowest BCUT2D eigenvalue weighted by atomic mass is 10.1. The number of hydrogen-bond acceptors (Lipinski definition) is 2. The number of aryl methyl sites for hydroxylation is 2. The first-order valence-electron chi connectivity index (χ1n) is 7.70. The second-order valence-corrected chi connectivity index (χ2v) is 5.44. The van der Waals surface area contributed by atoms with E-state index in [0.717, 1.165) is 41.4 Å². The highest BCUT2D eigenvalue weighted by atomic mass is 127. The van der Waals surface area contributed by atoms with E-state index in [4.69, 9.17) is 0 Å². The molecule has 0 spiro atoms. The fourth-order valence-corrected chi connectivity index (χ4v) is 2.35. The zero-order valence-corrected chi connectivity index (χ0v) is 16.6. The van der Waals surface area contributed by atoms with Crippen LogP contribution in [0.4, 0.5) is 4.39 Å². The van der Waals surface area contributed by atoms with Gasteiger partial charge in [0, 0.05) is 19.3 Å². The van der Waals surface area contributed by atoms with Crippen molar-refractivity contribution in [3.8, 4) is 0 Å². The summed E-state index contributed by atoms with van der Waals surface area (Å²) in [6, 6.07) is 10.8. The normalized spacial score (nSPS) is 10.9. The summed E-state index contributed by atoms with van der Waals surface area (Å²) in [5, 5.41) is 6.50. The van der Waals surface area contributed by atoms with Gasteiger partial charge in [-0.05, 0) is 55.7 Å². The van der Waals surface area contributed by atoms with Gasteiger partial charge in [0.1, 0.15) is 5.82 Å². The molecular formula is C18H24FIN4. The van der Waals surface area contributed by atoms with Crippen LogP contribution in [0.15, 0.2) is 41.4 Å². The molecular weight excluding hydrogens is 418 g/mol. The van der Waals surface area contributed by atoms with E-state index >= 15 is 0 Å². The Labute approximate surface area is 160 Å². The Bertz CT molecular complexity index is 688. The van der Waals surface area contributed by atoms with Crippen LogP contribution in [0.5, 0.6) is 0 Å². The molecule has 2 N–H and O–H groups in total. The number of aromatic nitrogens is 1. The van der Waals surface area contributed by atoms with Crippen molar-refractivity contribution in [2.24, 2.45) is 4.99 Å². The molecule has 0 radical (unpaired) electrons. The first kappa shape index (κ1) is 20.3. The molecule has 0 atom stereocenters. The molecule has 2 rings (SSSR count). The largest absolute Gasteiger partial charge is 0.356 e. The predicted octanol–water partition coefficient (Wildman–Crippen LogP) is 3.36. The number of guanidine groups is 1. The van der Waals surface area contributed by atoms with Crippen LogP contribution in [0.3, 0.4) is 0 Å². The summed E-state index contributed by atoms with van der Waals surface area (Å²) in [7, 11) is 1.74. The van der Waals surface area contributed by atoms with Gasteiger partial charge >= 0.3 is 0 Å². The molecule has 0 saturated carbocycles. The van der Waals surface area contributed by atoms with Crippen molar-refractivity contribution in [2.45, 2.75) is 26.8 Å². The van der Waals surface area contributed by atoms with Gasteiger partial charge in [0.2, 0.25) is 0 Å². The zero-order chi connectivity index (χ0) is 16.7. The van der Waals surface area contributed by atoms with Crippen molar-refractivity contribution in [3.63, 3.8) is 0 Å². The van der Waals surface area contributed by atoms with Gasteiger partial charge in [0.15, 0.2) is 5.96 Å². The lowest BCUT2D eigenvalue weighted by Gasteiger charge is -2.12. The maximum absolute atomic E-state index is 13.1. The topological polar surface area (TPSA) is 49.3 Å². The molecule has 130 valence electrons. The third-order valence-corrected chi connectivity index (χ3v) is 3.60. The Balaban J connectivity index is 0.00000288. The van der Waals surface area contributed by atoms with E-state index < -0.39 is 0 Å². The van der Waals surface area contributed by atoms with Gasteiger partial charge in [0.25, 0.3) is 0 Å². The van der Waals surface area contributed by atoms with Gasteiger partial charge in [-0.3, -0.25) is 9.98 Å². The van der Waals surface area contributed by atoms with Crippen LogP contribution >= 0.6 is 24.0 Å². The lowest BCUT2D eigenvalue weighted by molar-refractivity contribution is 0.625. The quantitative estimate of drug-likeness (QED) is 0.424. The maximum atomic E-state index is 13.1. The van der Waals surface area contributed by atoms with Crippen LogP contribution in [0.25, 0.3) is 0 Å². The Morgan fingerprint density at radius 2 is 1.96 bits per heavy atom. The number of nitrogens with zero attached hydrogens (tertiary/aromatic N) is 2. The molecule has 0 unspecified atom stereocenters. The van der Waals surface area contributed by atoms with Crippen LogP contribution in [0, 0.1) is 19.7 Å². The molecule has 1 aromatic carbocycles. The monoisotopic (exact) mass is 442 g/mol. The summed E-state index contributed by atoms with van der Waals surface area (Å²) in [5.41, 5.74) is 4.08. The average Bonchev–Trinajstić information content (AvgIpc) is 2.52. The minimum Gasteiger partial charge on any atom is -0.356 e. The van der Waals surface area contributed by atoms with E-state index in [1.807, 2.05) is 38.1 Å². The van der Waals surface area contributed by atoms with Gasteiger partial charge in [-0.1, -0.05) is 12.1 Å². The molecule has 24 heavy (non-hydrogen) atoms. The van der Waals surface area contributed by atoms with Crippen molar-refractivity contribution >= 4 is 29.9 Å². The summed E-state index contributed by atoms with van der Waals surface area (Å²) >= 11 is 0. The minimum absolute atomic E-state index is 0. The molecule has 1 heterocycles. The maximum Gasteiger partial charge on any atom is 0.191 e. The van der Waals surface area contributed by atoms with Crippen LogP contribution < -0.4 is 10.6 Å². The third-order valence-electron chi connectivity index (χ3n) is 3.60. The first-order chi connectivity index (χ1) is 11.1. The smallest absolute Gasteiger partial charge is 0.191 e. The molecule has 2 aromatic rings. The zero-order valence-electron chi connectivity index (χ0n) is 14.3. The Morgan fingerprint density at radius 3 is 2.62 bits per heavy atom. The predicted molar refractivity (Wildman–Crippen MR) is 107 cm³/mol. The van der Waals surface area contributed by atoms with Crippen molar-refractivity contribution in [2.75, 3.05) is 13.6 Å². The molecule has 0 bridgehead atoms. The van der Waals surface area contributed by atoms with Crippen molar-refractivity contribution in [1.29, 1.82) is 0 Å². The van der Waals surface area contributed by atoms with Gasteiger partial charge in [-0.25, -0.2) is 4.39 Å². The number of halogens is 2. The van der Waals surface area contributed by atoms with Crippen LogP contribution in [-0.2, 0) is 13.0 Å². The van der Waals surface area contributed by atoms with Gasteiger partial charge in [-0.15, -0.1) is 24.0 Å². The van der Waals surface area contributed by atoms with E-state index in [2.05, 4.69) is 20.6 Å². The summed E-state index contributed by atoms with van der Waals surface area (Å²) in [4.78, 5) is 8.65. The SMILES string of the molecule is CN=C(NCCc1ccc(F)cc1C)NCc1cccc(C)n1.I. The van der Waals surface area contributed by atoms with Crippen LogP contribution in [-0.4, -0.2) is 24.5 Å². The van der Waals surface area contributed by atoms with E-state index in [9.17, 15) is 4.39 Å². The second kappa shape index (κ2) is 10.2. The molecule has 0 fully saturated rings. The summed E-state index contributed by atoms with van der Waals surface area (Å²) in [6.45, 7) is 5.25. The number of aliphatic imine (C=N–C) groups is 1. The second-order valence-electron chi connectivity index (χ2n) is 5.44. The molecule has 0 aliphatic carbocycles. The van der Waals surface area contributed by atoms with Crippen LogP contribution in [0.2, 0.25) is 0 Å². The fraction of sp³-hybridized carbons (Fsp3) is 0.333. The van der Waals surface area contributed by atoms with E-state index in [1.165, 1.54) is 6.07 Å². The van der Waals surface area contributed by atoms with Crippen molar-refractivity contribution in [3.05, 3.63) is 64.7 Å². The third kappa shape index (κ3) is 6.43. The van der Waals surface area contributed by atoms with Gasteiger partial charge in [-0.2, -0.15) is 0 Å². The molecule has 0 aliphatic rings. The molecule has 0 amide bonds. The number of rotatable bonds is 5. The Hall–Kier alpha value is -1.70. The first-order valence-corrected chi connectivity index (χ1v) is 7.70. The highest BCUT2D eigenvalue weighted by Crippen LogP contribution is 2.10. The molecule has 0 aliphatic heterocycles. The minimum atomic E-state index is -0.192. The highest BCUT2D eigenvalue weighted by Gasteiger charge is 2.02. The number of nitrogens with one attached hydrogen (secondary N) is 2. The summed E-state index contributed by atoms with van der Waals surface area (Å²) < 4.78 is 13.1. The summed E-state index contributed by atoms with van der Waals surface area (Å²) in [6.07, 6.45) is 0.815. The number of benzene rings is 1. The van der Waals surface area contributed by atoms with Crippen LogP contribution in [0.1, 0.15) is 22.5 Å². The summed E-state index contributed by atoms with van der Waals surface area (Å²) in [5.74, 6) is 0.537. The lowest BCUT2D eigenvalue weighted by Crippen LogP contribution is -2.38. The van der Waals surface area contributed by atoms with Crippen molar-refractivity contribution < 1.29 is 4.39 Å². The highest BCUT2D eigenvalue weighted by molar-refractivity contribution is 14.0. The molecule has 4 nitrogen and oxygen atoms in total. The molecule has 0 saturated heterocycles. The Kier molecular flexibility index (Phi) is 8.67. The van der Waals surface area contributed by atoms with Crippen molar-refractivity contribution in [1.82, 2.24) is 15.6 Å².